The lowest BCUT2D eigenvalue weighted by Gasteiger charge is -2.46. The van der Waals surface area contributed by atoms with Gasteiger partial charge in [-0.15, -0.1) is 0 Å². The van der Waals surface area contributed by atoms with E-state index < -0.39 is 17.5 Å². The summed E-state index contributed by atoms with van der Waals surface area (Å²) in [6.45, 7) is 29.6. The van der Waals surface area contributed by atoms with Crippen molar-refractivity contribution in [3.63, 3.8) is 0 Å². The Morgan fingerprint density at radius 2 is 1.38 bits per heavy atom. The van der Waals surface area contributed by atoms with Crippen LogP contribution in [0.1, 0.15) is 96.4 Å². The van der Waals surface area contributed by atoms with Gasteiger partial charge in [-0.05, 0) is 94.4 Å². The predicted octanol–water partition coefficient (Wildman–Crippen LogP) is 5.84. The molecule has 1 rings (SSSR count). The van der Waals surface area contributed by atoms with Gasteiger partial charge in [0.1, 0.15) is 0 Å². The molecule has 204 valence electrons. The highest BCUT2D eigenvalue weighted by Gasteiger charge is 2.55. The van der Waals surface area contributed by atoms with Crippen molar-refractivity contribution >= 4 is 0 Å². The molecule has 1 N–H and O–H groups in total. The standard InChI is InChI=1S/C28H56O6/c1-14-31-25(6,7)16-21(19(3)4)24-23(22(17-30-24)27(10,11)32-15-2)28(12,13)33-18-26(8,9)34-20(5)29/h19-24,29H,14-18H2,1-13H3. The van der Waals surface area contributed by atoms with Crippen molar-refractivity contribution in [3.8, 4) is 0 Å². The first-order valence-electron chi connectivity index (χ1n) is 13.3. The molecule has 1 heterocycles. The molecule has 0 bridgehead atoms. The number of hydrogen-bond donors (Lipinski definition) is 1. The van der Waals surface area contributed by atoms with E-state index >= 15 is 0 Å². The zero-order valence-electron chi connectivity index (χ0n) is 24.5. The van der Waals surface area contributed by atoms with Gasteiger partial charge in [0.2, 0.25) is 0 Å². The molecule has 1 aliphatic heterocycles. The minimum Gasteiger partial charge on any atom is -0.377 e. The van der Waals surface area contributed by atoms with Crippen LogP contribution < -0.4 is 0 Å². The van der Waals surface area contributed by atoms with E-state index in [1.54, 1.807) is 6.92 Å². The quantitative estimate of drug-likeness (QED) is 0.292. The third-order valence-electron chi connectivity index (χ3n) is 7.29. The summed E-state index contributed by atoms with van der Waals surface area (Å²) in [6, 6.07) is 0. The molecule has 0 saturated carbocycles. The number of hydrogen-bond acceptors (Lipinski definition) is 6. The van der Waals surface area contributed by atoms with E-state index in [4.69, 9.17) is 23.7 Å². The maximum absolute atomic E-state index is 9.74. The van der Waals surface area contributed by atoms with Crippen LogP contribution in [-0.4, -0.2) is 66.3 Å². The Bertz CT molecular complexity index is 596. The number of rotatable bonds is 15. The number of aliphatic hydroxyl groups excluding tert-OH is 1. The van der Waals surface area contributed by atoms with Gasteiger partial charge in [-0.2, -0.15) is 0 Å². The van der Waals surface area contributed by atoms with Crippen LogP contribution in [0.5, 0.6) is 0 Å². The molecular formula is C28H56O6. The average molecular weight is 489 g/mol. The van der Waals surface area contributed by atoms with Crippen LogP contribution in [0.15, 0.2) is 0 Å². The van der Waals surface area contributed by atoms with Gasteiger partial charge in [0.05, 0.1) is 41.7 Å². The lowest BCUT2D eigenvalue weighted by Crippen LogP contribution is -2.53. The lowest BCUT2D eigenvalue weighted by atomic mass is 9.66. The van der Waals surface area contributed by atoms with Crippen LogP contribution in [0.2, 0.25) is 0 Å². The van der Waals surface area contributed by atoms with Crippen molar-refractivity contribution in [2.24, 2.45) is 23.7 Å². The summed E-state index contributed by atoms with van der Waals surface area (Å²) in [6.07, 6.45) is 0.0778. The van der Waals surface area contributed by atoms with Gasteiger partial charge < -0.3 is 28.8 Å². The normalized spacial score (nSPS) is 24.6. The summed E-state index contributed by atoms with van der Waals surface area (Å²) in [4.78, 5) is 0. The summed E-state index contributed by atoms with van der Waals surface area (Å²) < 4.78 is 31.3. The topological polar surface area (TPSA) is 66.4 Å². The molecule has 0 radical (unpaired) electrons. The maximum atomic E-state index is 9.74. The molecule has 5 unspecified atom stereocenters. The molecule has 1 saturated heterocycles. The van der Waals surface area contributed by atoms with E-state index in [0.717, 1.165) is 6.42 Å². The largest absolute Gasteiger partial charge is 0.377 e. The summed E-state index contributed by atoms with van der Waals surface area (Å²) in [5, 5.41) is 9.74. The molecule has 1 fully saturated rings. The van der Waals surface area contributed by atoms with Crippen molar-refractivity contribution in [1.29, 1.82) is 0 Å². The SMILES string of the molecule is CCOC(C)(C)CC(C(C)C)C1OCC(C(C)(C)OCC)C1C(C)(C)OCC(C)(C)OC(C)O. The molecule has 0 amide bonds. The maximum Gasteiger partial charge on any atom is 0.152 e. The molecule has 0 aromatic carbocycles. The Morgan fingerprint density at radius 1 is 0.824 bits per heavy atom. The minimum atomic E-state index is -0.847. The van der Waals surface area contributed by atoms with Gasteiger partial charge >= 0.3 is 0 Å². The van der Waals surface area contributed by atoms with Crippen LogP contribution in [-0.2, 0) is 23.7 Å². The van der Waals surface area contributed by atoms with Crippen LogP contribution in [0.3, 0.4) is 0 Å². The van der Waals surface area contributed by atoms with Gasteiger partial charge in [0.25, 0.3) is 0 Å². The van der Waals surface area contributed by atoms with Crippen molar-refractivity contribution in [3.05, 3.63) is 0 Å². The third-order valence-corrected chi connectivity index (χ3v) is 7.29. The number of ether oxygens (including phenoxy) is 5. The zero-order valence-corrected chi connectivity index (χ0v) is 24.5. The van der Waals surface area contributed by atoms with Gasteiger partial charge in [0, 0.05) is 25.0 Å². The van der Waals surface area contributed by atoms with Crippen molar-refractivity contribution in [1.82, 2.24) is 0 Å². The molecule has 1 aliphatic rings. The molecule has 6 heteroatoms. The van der Waals surface area contributed by atoms with E-state index in [1.807, 2.05) is 20.8 Å². The first-order chi connectivity index (χ1) is 15.4. The van der Waals surface area contributed by atoms with Gasteiger partial charge in [-0.25, -0.2) is 0 Å². The highest BCUT2D eigenvalue weighted by Crippen LogP contribution is 2.49. The Labute approximate surface area is 210 Å². The molecule has 6 nitrogen and oxygen atoms in total. The lowest BCUT2D eigenvalue weighted by molar-refractivity contribution is -0.211. The van der Waals surface area contributed by atoms with Crippen LogP contribution in [0.25, 0.3) is 0 Å². The Kier molecular flexibility index (Phi) is 11.5. The second-order valence-electron chi connectivity index (χ2n) is 12.6. The van der Waals surface area contributed by atoms with E-state index in [-0.39, 0.29) is 29.1 Å². The van der Waals surface area contributed by atoms with E-state index in [0.29, 0.717) is 38.3 Å². The molecular weight excluding hydrogens is 432 g/mol. The zero-order chi connectivity index (χ0) is 26.5. The fraction of sp³-hybridized carbons (Fsp3) is 1.00. The molecule has 5 atom stereocenters. The summed E-state index contributed by atoms with van der Waals surface area (Å²) >= 11 is 0. The molecule has 0 aromatic heterocycles. The summed E-state index contributed by atoms with van der Waals surface area (Å²) in [5.74, 6) is 1.01. The molecule has 34 heavy (non-hydrogen) atoms. The van der Waals surface area contributed by atoms with Crippen LogP contribution in [0, 0.1) is 23.7 Å². The van der Waals surface area contributed by atoms with Gasteiger partial charge in [-0.3, -0.25) is 0 Å². The summed E-state index contributed by atoms with van der Waals surface area (Å²) in [5.41, 5.74) is -1.69. The van der Waals surface area contributed by atoms with Crippen molar-refractivity contribution in [2.75, 3.05) is 26.4 Å². The Morgan fingerprint density at radius 3 is 1.85 bits per heavy atom. The van der Waals surface area contributed by atoms with E-state index in [2.05, 4.69) is 62.3 Å². The smallest absolute Gasteiger partial charge is 0.152 e. The summed E-state index contributed by atoms with van der Waals surface area (Å²) in [7, 11) is 0. The second kappa shape index (κ2) is 12.3. The predicted molar refractivity (Wildman–Crippen MR) is 138 cm³/mol. The molecule has 0 aromatic rings. The monoisotopic (exact) mass is 488 g/mol. The first kappa shape index (κ1) is 31.8. The Hall–Kier alpha value is -0.240. The van der Waals surface area contributed by atoms with Gasteiger partial charge in [0.15, 0.2) is 6.29 Å². The van der Waals surface area contributed by atoms with Crippen LogP contribution in [0.4, 0.5) is 0 Å². The van der Waals surface area contributed by atoms with Gasteiger partial charge in [-0.1, -0.05) is 13.8 Å². The highest BCUT2D eigenvalue weighted by molar-refractivity contribution is 5.03. The minimum absolute atomic E-state index is 0.0141. The van der Waals surface area contributed by atoms with Crippen LogP contribution >= 0.6 is 0 Å². The van der Waals surface area contributed by atoms with E-state index in [1.165, 1.54) is 0 Å². The number of aliphatic hydroxyl groups is 1. The average Bonchev–Trinajstić information content (AvgIpc) is 3.10. The fourth-order valence-electron chi connectivity index (χ4n) is 5.73. The molecule has 0 aliphatic carbocycles. The van der Waals surface area contributed by atoms with Crippen molar-refractivity contribution < 1.29 is 28.8 Å². The highest BCUT2D eigenvalue weighted by atomic mass is 16.6. The fourth-order valence-corrected chi connectivity index (χ4v) is 5.73. The molecule has 0 spiro atoms. The Balaban J connectivity index is 3.34. The van der Waals surface area contributed by atoms with Crippen molar-refractivity contribution in [2.45, 2.75) is 131 Å². The third kappa shape index (κ3) is 9.01. The first-order valence-corrected chi connectivity index (χ1v) is 13.3. The second-order valence-corrected chi connectivity index (χ2v) is 12.6. The van der Waals surface area contributed by atoms with E-state index in [9.17, 15) is 5.11 Å².